The van der Waals surface area contributed by atoms with Gasteiger partial charge in [0.1, 0.15) is 5.82 Å². The summed E-state index contributed by atoms with van der Waals surface area (Å²) in [7, 11) is 1.75. The first-order valence-electron chi connectivity index (χ1n) is 5.61. The second-order valence-corrected chi connectivity index (χ2v) is 4.95. The number of hydrogen-bond acceptors (Lipinski definition) is 3. The SMILES string of the molecule is Cn1ncc(Cl)c1C(Cc1cccc(Cl)c1F)NN. The van der Waals surface area contributed by atoms with E-state index in [0.717, 1.165) is 0 Å². The van der Waals surface area contributed by atoms with Crippen molar-refractivity contribution in [1.82, 2.24) is 15.2 Å². The maximum absolute atomic E-state index is 13.9. The number of nitrogens with two attached hydrogens (primary N) is 1. The van der Waals surface area contributed by atoms with Crippen LogP contribution in [-0.4, -0.2) is 9.78 Å². The van der Waals surface area contributed by atoms with Crippen LogP contribution >= 0.6 is 23.2 Å². The summed E-state index contributed by atoms with van der Waals surface area (Å²) in [6.07, 6.45) is 1.84. The quantitative estimate of drug-likeness (QED) is 0.674. The van der Waals surface area contributed by atoms with Crippen molar-refractivity contribution >= 4 is 23.2 Å². The van der Waals surface area contributed by atoms with Gasteiger partial charge in [-0.15, -0.1) is 0 Å². The Kier molecular flexibility index (Phi) is 4.42. The molecule has 2 rings (SSSR count). The van der Waals surface area contributed by atoms with E-state index in [2.05, 4.69) is 10.5 Å². The average Bonchev–Trinajstić information content (AvgIpc) is 2.72. The van der Waals surface area contributed by atoms with Crippen LogP contribution in [0.1, 0.15) is 17.3 Å². The minimum absolute atomic E-state index is 0.0874. The summed E-state index contributed by atoms with van der Waals surface area (Å²) in [6.45, 7) is 0. The smallest absolute Gasteiger partial charge is 0.145 e. The van der Waals surface area contributed by atoms with Gasteiger partial charge in [0.15, 0.2) is 0 Å². The first-order valence-corrected chi connectivity index (χ1v) is 6.36. The van der Waals surface area contributed by atoms with Crippen molar-refractivity contribution in [1.29, 1.82) is 0 Å². The number of aromatic nitrogens is 2. The average molecular weight is 303 g/mol. The third-order valence-corrected chi connectivity index (χ3v) is 3.51. The topological polar surface area (TPSA) is 55.9 Å². The number of nitrogens with one attached hydrogen (secondary N) is 1. The molecule has 0 aliphatic carbocycles. The number of hydrazine groups is 1. The second kappa shape index (κ2) is 5.88. The van der Waals surface area contributed by atoms with E-state index in [1.807, 2.05) is 0 Å². The maximum atomic E-state index is 13.9. The molecule has 1 aromatic heterocycles. The number of nitrogens with zero attached hydrogens (tertiary/aromatic N) is 2. The summed E-state index contributed by atoms with van der Waals surface area (Å²) < 4.78 is 15.5. The largest absolute Gasteiger partial charge is 0.271 e. The van der Waals surface area contributed by atoms with Crippen LogP contribution in [0.5, 0.6) is 0 Å². The Balaban J connectivity index is 2.32. The van der Waals surface area contributed by atoms with Gasteiger partial charge < -0.3 is 0 Å². The molecule has 1 atom stereocenters. The molecule has 3 N–H and O–H groups in total. The summed E-state index contributed by atoms with van der Waals surface area (Å²) in [5.74, 6) is 5.09. The maximum Gasteiger partial charge on any atom is 0.145 e. The standard InChI is InChI=1S/C12H13Cl2FN4/c1-19-12(9(14)6-17-19)10(18-16)5-7-3-2-4-8(13)11(7)15/h2-4,6,10,18H,5,16H2,1H3. The number of rotatable bonds is 4. The van der Waals surface area contributed by atoms with Gasteiger partial charge in [0, 0.05) is 7.05 Å². The van der Waals surface area contributed by atoms with Crippen LogP contribution in [0.15, 0.2) is 24.4 Å². The summed E-state index contributed by atoms with van der Waals surface area (Å²) in [5.41, 5.74) is 3.79. The molecule has 0 spiro atoms. The van der Waals surface area contributed by atoms with Crippen LogP contribution in [0.4, 0.5) is 4.39 Å². The highest BCUT2D eigenvalue weighted by atomic mass is 35.5. The molecule has 0 bridgehead atoms. The molecule has 0 radical (unpaired) electrons. The van der Waals surface area contributed by atoms with Gasteiger partial charge >= 0.3 is 0 Å². The van der Waals surface area contributed by atoms with Gasteiger partial charge in [-0.25, -0.2) is 4.39 Å². The fourth-order valence-corrected chi connectivity index (χ4v) is 2.46. The van der Waals surface area contributed by atoms with Crippen molar-refractivity contribution in [2.24, 2.45) is 12.9 Å². The molecule has 0 saturated heterocycles. The van der Waals surface area contributed by atoms with Crippen LogP contribution in [-0.2, 0) is 13.5 Å². The first kappa shape index (κ1) is 14.3. The van der Waals surface area contributed by atoms with E-state index in [9.17, 15) is 4.39 Å². The van der Waals surface area contributed by atoms with E-state index >= 15 is 0 Å². The number of halogens is 3. The zero-order chi connectivity index (χ0) is 14.0. The molecule has 2 aromatic rings. The van der Waals surface area contributed by atoms with E-state index in [0.29, 0.717) is 22.7 Å². The monoisotopic (exact) mass is 302 g/mol. The minimum atomic E-state index is -0.442. The molecule has 0 aliphatic rings. The Morgan fingerprint density at radius 2 is 2.16 bits per heavy atom. The Morgan fingerprint density at radius 3 is 2.74 bits per heavy atom. The van der Waals surface area contributed by atoms with Crippen molar-refractivity contribution < 1.29 is 4.39 Å². The molecule has 1 aromatic carbocycles. The third-order valence-electron chi connectivity index (χ3n) is 2.92. The van der Waals surface area contributed by atoms with Crippen molar-refractivity contribution in [3.63, 3.8) is 0 Å². The molecule has 102 valence electrons. The lowest BCUT2D eigenvalue weighted by atomic mass is 10.0. The zero-order valence-electron chi connectivity index (χ0n) is 10.2. The van der Waals surface area contributed by atoms with Gasteiger partial charge in [-0.3, -0.25) is 16.0 Å². The predicted molar refractivity (Wildman–Crippen MR) is 73.4 cm³/mol. The minimum Gasteiger partial charge on any atom is -0.271 e. The van der Waals surface area contributed by atoms with E-state index in [-0.39, 0.29) is 11.1 Å². The first-order chi connectivity index (χ1) is 9.04. The van der Waals surface area contributed by atoms with Gasteiger partial charge in [0.05, 0.1) is 28.0 Å². The Morgan fingerprint density at radius 1 is 1.42 bits per heavy atom. The van der Waals surface area contributed by atoms with Crippen LogP contribution in [0, 0.1) is 5.82 Å². The van der Waals surface area contributed by atoms with E-state index < -0.39 is 5.82 Å². The molecule has 0 fully saturated rings. The van der Waals surface area contributed by atoms with Gasteiger partial charge in [-0.05, 0) is 18.1 Å². The van der Waals surface area contributed by atoms with Crippen LogP contribution in [0.3, 0.4) is 0 Å². The molecule has 0 amide bonds. The second-order valence-electron chi connectivity index (χ2n) is 4.14. The highest BCUT2D eigenvalue weighted by molar-refractivity contribution is 6.31. The van der Waals surface area contributed by atoms with Crippen molar-refractivity contribution in [3.05, 3.63) is 51.5 Å². The van der Waals surface area contributed by atoms with Gasteiger partial charge in [-0.2, -0.15) is 5.10 Å². The molecular weight excluding hydrogens is 290 g/mol. The van der Waals surface area contributed by atoms with E-state index in [1.165, 1.54) is 12.3 Å². The van der Waals surface area contributed by atoms with Crippen molar-refractivity contribution in [2.75, 3.05) is 0 Å². The van der Waals surface area contributed by atoms with E-state index in [4.69, 9.17) is 29.0 Å². The normalized spacial score (nSPS) is 12.7. The van der Waals surface area contributed by atoms with Gasteiger partial charge in [-0.1, -0.05) is 35.3 Å². The summed E-state index contributed by atoms with van der Waals surface area (Å²) in [6, 6.07) is 4.50. The Labute approximate surface area is 120 Å². The molecule has 19 heavy (non-hydrogen) atoms. The highest BCUT2D eigenvalue weighted by Gasteiger charge is 2.20. The predicted octanol–water partition coefficient (Wildman–Crippen LogP) is 2.61. The lowest BCUT2D eigenvalue weighted by Gasteiger charge is -2.17. The fraction of sp³-hybridized carbons (Fsp3) is 0.250. The Hall–Kier alpha value is -1.14. The lowest BCUT2D eigenvalue weighted by molar-refractivity contribution is 0.495. The summed E-state index contributed by atoms with van der Waals surface area (Å²) >= 11 is 11.8. The molecule has 0 saturated carbocycles. The number of aryl methyl sites for hydroxylation is 1. The van der Waals surface area contributed by atoms with Gasteiger partial charge in [0.25, 0.3) is 0 Å². The van der Waals surface area contributed by atoms with Crippen molar-refractivity contribution in [3.8, 4) is 0 Å². The van der Waals surface area contributed by atoms with Gasteiger partial charge in [0.2, 0.25) is 0 Å². The highest BCUT2D eigenvalue weighted by Crippen LogP contribution is 2.27. The molecule has 1 heterocycles. The number of benzene rings is 1. The molecule has 7 heteroatoms. The third kappa shape index (κ3) is 2.90. The fourth-order valence-electron chi connectivity index (χ4n) is 1.97. The molecule has 4 nitrogen and oxygen atoms in total. The number of hydrogen-bond donors (Lipinski definition) is 2. The van der Waals surface area contributed by atoms with Crippen LogP contribution < -0.4 is 11.3 Å². The van der Waals surface area contributed by atoms with Crippen LogP contribution in [0.2, 0.25) is 10.0 Å². The van der Waals surface area contributed by atoms with Crippen molar-refractivity contribution in [2.45, 2.75) is 12.5 Å². The van der Waals surface area contributed by atoms with Crippen LogP contribution in [0.25, 0.3) is 0 Å². The molecule has 0 aliphatic heterocycles. The molecule has 1 unspecified atom stereocenters. The Bertz CT molecular complexity index is 566. The lowest BCUT2D eigenvalue weighted by Crippen LogP contribution is -2.31. The zero-order valence-corrected chi connectivity index (χ0v) is 11.7. The molecular formula is C12H13Cl2FN4. The van der Waals surface area contributed by atoms with E-state index in [1.54, 1.807) is 23.9 Å². The summed E-state index contributed by atoms with van der Waals surface area (Å²) in [4.78, 5) is 0. The summed E-state index contributed by atoms with van der Waals surface area (Å²) in [5, 5.41) is 4.60.